The van der Waals surface area contributed by atoms with Crippen LogP contribution in [0.3, 0.4) is 0 Å². The zero-order valence-electron chi connectivity index (χ0n) is 55.9. The Kier molecular flexibility index (Phi) is 15.5. The van der Waals surface area contributed by atoms with Crippen molar-refractivity contribution in [2.24, 2.45) is 0 Å². The van der Waals surface area contributed by atoms with Gasteiger partial charge in [0.1, 0.15) is 0 Å². The number of rotatable bonds is 10. The van der Waals surface area contributed by atoms with E-state index in [4.69, 9.17) is 29.9 Å². The second-order valence-corrected chi connectivity index (χ2v) is 29.2. The maximum absolute atomic E-state index is 5.20. The number of aromatic nitrogens is 6. The lowest BCUT2D eigenvalue weighted by Crippen LogP contribution is -2.11. The molecule has 6 nitrogen and oxygen atoms in total. The van der Waals surface area contributed by atoms with Gasteiger partial charge in [0, 0.05) is 33.4 Å². The van der Waals surface area contributed by atoms with Gasteiger partial charge >= 0.3 is 0 Å². The highest BCUT2D eigenvalue weighted by molar-refractivity contribution is 6.29. The first-order chi connectivity index (χ1) is 45.1. The van der Waals surface area contributed by atoms with Crippen LogP contribution < -0.4 is 0 Å². The van der Waals surface area contributed by atoms with Gasteiger partial charge in [-0.15, -0.1) is 0 Å². The van der Waals surface area contributed by atoms with Gasteiger partial charge in [0.25, 0.3) is 0 Å². The molecule has 14 rings (SSSR count). The summed E-state index contributed by atoms with van der Waals surface area (Å²) in [4.78, 5) is 31.0. The number of benzene rings is 12. The van der Waals surface area contributed by atoms with Crippen molar-refractivity contribution in [3.63, 3.8) is 0 Å². The van der Waals surface area contributed by atoms with Crippen molar-refractivity contribution in [2.45, 2.75) is 105 Å². The smallest absolute Gasteiger partial charge is 0.164 e. The van der Waals surface area contributed by atoms with Gasteiger partial charge in [0.2, 0.25) is 0 Å². The Morgan fingerprint density at radius 1 is 0.191 bits per heavy atom. The van der Waals surface area contributed by atoms with Crippen LogP contribution in [0.2, 0.25) is 0 Å². The predicted molar refractivity (Wildman–Crippen MR) is 395 cm³/mol. The summed E-state index contributed by atoms with van der Waals surface area (Å²) >= 11 is 0. The lowest BCUT2D eigenvalue weighted by Gasteiger charge is -2.22. The highest BCUT2D eigenvalue weighted by Crippen LogP contribution is 2.50. The Morgan fingerprint density at radius 3 is 0.755 bits per heavy atom. The van der Waals surface area contributed by atoms with Crippen molar-refractivity contribution in [3.8, 4) is 113 Å². The van der Waals surface area contributed by atoms with Gasteiger partial charge in [-0.3, -0.25) is 0 Å². The maximum atomic E-state index is 5.20. The molecule has 2 heterocycles. The van der Waals surface area contributed by atoms with Gasteiger partial charge in [-0.05, 0) is 121 Å². The molecule has 0 saturated carbocycles. The molecule has 12 aromatic carbocycles. The molecule has 0 aliphatic carbocycles. The summed E-state index contributed by atoms with van der Waals surface area (Å²) in [6.45, 7) is 26.8. The number of hydrogen-bond acceptors (Lipinski definition) is 6. The second-order valence-electron chi connectivity index (χ2n) is 29.2. The Labute approximate surface area is 553 Å². The van der Waals surface area contributed by atoms with Crippen LogP contribution in [0.5, 0.6) is 0 Å². The molecule has 0 saturated heterocycles. The van der Waals surface area contributed by atoms with Crippen LogP contribution in [-0.2, 0) is 21.7 Å². The first kappa shape index (κ1) is 61.0. The van der Waals surface area contributed by atoms with Crippen LogP contribution in [0.1, 0.15) is 105 Å². The van der Waals surface area contributed by atoms with E-state index in [1.807, 2.05) is 0 Å². The van der Waals surface area contributed by atoms with E-state index in [9.17, 15) is 0 Å². The molecular formula is C88H78N6. The molecular weight excluding hydrogens is 1140 g/mol. The van der Waals surface area contributed by atoms with E-state index in [-0.39, 0.29) is 21.7 Å². The van der Waals surface area contributed by atoms with Crippen LogP contribution in [0.4, 0.5) is 0 Å². The van der Waals surface area contributed by atoms with Crippen LogP contribution in [-0.4, -0.2) is 29.9 Å². The monoisotopic (exact) mass is 1220 g/mol. The molecule has 0 aliphatic heterocycles. The van der Waals surface area contributed by atoms with E-state index < -0.39 is 0 Å². The normalized spacial score (nSPS) is 12.3. The highest BCUT2D eigenvalue weighted by Gasteiger charge is 2.25. The van der Waals surface area contributed by atoms with E-state index >= 15 is 0 Å². The minimum Gasteiger partial charge on any atom is -0.208 e. The summed E-state index contributed by atoms with van der Waals surface area (Å²) < 4.78 is 0. The zero-order valence-corrected chi connectivity index (χ0v) is 55.9. The van der Waals surface area contributed by atoms with Crippen LogP contribution in [0, 0.1) is 0 Å². The fraction of sp³-hybridized carbons (Fsp3) is 0.182. The minimum absolute atomic E-state index is 0.0154. The molecule has 0 unspecified atom stereocenters. The summed E-state index contributed by atoms with van der Waals surface area (Å²) in [6, 6.07) is 92.4. The van der Waals surface area contributed by atoms with Crippen LogP contribution in [0.15, 0.2) is 255 Å². The molecule has 460 valence electrons. The van der Waals surface area contributed by atoms with Gasteiger partial charge < -0.3 is 0 Å². The summed E-state index contributed by atoms with van der Waals surface area (Å²) in [5.41, 5.74) is 19.8. The SMILES string of the molecule is CC(C)(C)c1ccc(-c2nc(-c3ccc(-c4ccccc4-c4c5ccccc5c(-c5ccccc5-c5ccc(-c6nc(-c7ccc(C(C)(C)C)cc7)nc(-c7ccc(C(C)(C)C)cc7)n6)cc5)c5c4ccc4ccccc45)cc3)nc(-c3ccc(C(C)(C)C)cc3)n2)cc1. The van der Waals surface area contributed by atoms with Crippen molar-refractivity contribution < 1.29 is 0 Å². The number of fused-ring (bicyclic) bond motifs is 4. The summed E-state index contributed by atoms with van der Waals surface area (Å²) in [7, 11) is 0. The quantitative estimate of drug-likeness (QED) is 0.100. The fourth-order valence-corrected chi connectivity index (χ4v) is 13.0. The Morgan fingerprint density at radius 2 is 0.436 bits per heavy atom. The third-order valence-electron chi connectivity index (χ3n) is 18.5. The largest absolute Gasteiger partial charge is 0.208 e. The third kappa shape index (κ3) is 11.9. The molecule has 14 aromatic rings. The maximum Gasteiger partial charge on any atom is 0.164 e. The minimum atomic E-state index is 0.0154. The van der Waals surface area contributed by atoms with Crippen molar-refractivity contribution in [3.05, 3.63) is 277 Å². The average Bonchev–Trinajstić information content (AvgIpc) is 0.717. The molecule has 0 bridgehead atoms. The van der Waals surface area contributed by atoms with Gasteiger partial charge in [-0.2, -0.15) is 0 Å². The first-order valence-electron chi connectivity index (χ1n) is 32.8. The fourth-order valence-electron chi connectivity index (χ4n) is 13.0. The topological polar surface area (TPSA) is 77.3 Å². The Bertz CT molecular complexity index is 5000. The first-order valence-corrected chi connectivity index (χ1v) is 32.8. The molecule has 2 aromatic heterocycles. The highest BCUT2D eigenvalue weighted by atomic mass is 15.0. The molecule has 0 amide bonds. The van der Waals surface area contributed by atoms with Crippen molar-refractivity contribution >= 4 is 32.3 Å². The van der Waals surface area contributed by atoms with E-state index in [1.165, 1.54) is 65.7 Å². The third-order valence-corrected chi connectivity index (χ3v) is 18.5. The lowest BCUT2D eigenvalue weighted by molar-refractivity contribution is 0.590. The molecule has 94 heavy (non-hydrogen) atoms. The Balaban J connectivity index is 0.869. The van der Waals surface area contributed by atoms with Crippen LogP contribution in [0.25, 0.3) is 145 Å². The second kappa shape index (κ2) is 23.8. The van der Waals surface area contributed by atoms with E-state index in [0.717, 1.165) is 66.8 Å². The molecule has 0 fully saturated rings. The molecule has 0 aliphatic rings. The van der Waals surface area contributed by atoms with E-state index in [1.54, 1.807) is 0 Å². The van der Waals surface area contributed by atoms with E-state index in [2.05, 4.69) is 338 Å². The van der Waals surface area contributed by atoms with Gasteiger partial charge in [-0.25, -0.2) is 29.9 Å². The molecule has 0 atom stereocenters. The van der Waals surface area contributed by atoms with E-state index in [0.29, 0.717) is 34.9 Å². The summed E-state index contributed by atoms with van der Waals surface area (Å²) in [5.74, 6) is 3.80. The lowest BCUT2D eigenvalue weighted by atomic mass is 9.81. The van der Waals surface area contributed by atoms with Crippen molar-refractivity contribution in [1.29, 1.82) is 0 Å². The predicted octanol–water partition coefficient (Wildman–Crippen LogP) is 23.4. The molecule has 0 N–H and O–H groups in total. The summed E-state index contributed by atoms with van der Waals surface area (Å²) in [5, 5.41) is 7.12. The van der Waals surface area contributed by atoms with Crippen LogP contribution >= 0.6 is 0 Å². The molecule has 0 spiro atoms. The molecule has 0 radical (unpaired) electrons. The summed E-state index contributed by atoms with van der Waals surface area (Å²) in [6.07, 6.45) is 0. The van der Waals surface area contributed by atoms with Gasteiger partial charge in [0.05, 0.1) is 0 Å². The Hall–Kier alpha value is -10.6. The standard InChI is InChI=1S/C88H78N6/c1-85(2,3)64-46-37-60(38-47-64)81-89-79(90-82(93-81)61-39-48-65(49-40-61)86(4,5)6)58-33-29-56(30-34-58)68-22-15-17-25-71(68)76-73-27-19-20-28-74(73)78(77-70-24-14-13-21-55(70)45-54-75(76)77)72-26-18-16-23-69(72)57-31-35-59(36-32-57)80-91-83(62-41-50-66(51-42-62)87(7,8)9)94-84(92-80)63-43-52-67(53-44-63)88(10,11)12/h13-54H,1-12H3. The van der Waals surface area contributed by atoms with Crippen molar-refractivity contribution in [2.75, 3.05) is 0 Å². The molecule has 6 heteroatoms. The average molecular weight is 1220 g/mol. The zero-order chi connectivity index (χ0) is 65.3. The number of nitrogens with zero attached hydrogens (tertiary/aromatic N) is 6. The van der Waals surface area contributed by atoms with Gasteiger partial charge in [0.15, 0.2) is 34.9 Å². The van der Waals surface area contributed by atoms with Gasteiger partial charge in [-0.1, -0.05) is 338 Å². The number of hydrogen-bond donors (Lipinski definition) is 0. The van der Waals surface area contributed by atoms with Crippen molar-refractivity contribution in [1.82, 2.24) is 29.9 Å².